The van der Waals surface area contributed by atoms with Crippen LogP contribution in [0.5, 0.6) is 0 Å². The number of hydrogen-bond donors (Lipinski definition) is 1. The van der Waals surface area contributed by atoms with Gasteiger partial charge in [-0.2, -0.15) is 0 Å². The summed E-state index contributed by atoms with van der Waals surface area (Å²) in [7, 11) is 0. The molecule has 5 nitrogen and oxygen atoms in total. The van der Waals surface area contributed by atoms with E-state index in [2.05, 4.69) is 4.98 Å². The number of anilines is 1. The van der Waals surface area contributed by atoms with E-state index in [0.29, 0.717) is 11.1 Å². The van der Waals surface area contributed by atoms with Crippen molar-refractivity contribution in [3.63, 3.8) is 0 Å². The van der Waals surface area contributed by atoms with Crippen molar-refractivity contribution in [2.24, 2.45) is 0 Å². The van der Waals surface area contributed by atoms with Crippen LogP contribution in [0.25, 0.3) is 16.5 Å². The van der Waals surface area contributed by atoms with E-state index in [4.69, 9.17) is 11.6 Å². The van der Waals surface area contributed by atoms with E-state index < -0.39 is 23.5 Å². The van der Waals surface area contributed by atoms with Gasteiger partial charge in [-0.15, -0.1) is 0 Å². The van der Waals surface area contributed by atoms with Crippen molar-refractivity contribution in [1.82, 2.24) is 4.98 Å². The Bertz CT molecular complexity index is 1450. The zero-order valence-corrected chi connectivity index (χ0v) is 17.8. The van der Waals surface area contributed by atoms with Crippen molar-refractivity contribution >= 4 is 45.5 Å². The number of amides is 1. The number of aliphatic hydroxyl groups excluding tert-OH is 1. The fraction of sp³-hybridized carbons (Fsp3) is 0.0385. The first-order chi connectivity index (χ1) is 16.0. The number of carbonyl (C=O) groups is 2. The second-order valence-corrected chi connectivity index (χ2v) is 7.98. The van der Waals surface area contributed by atoms with Gasteiger partial charge in [-0.3, -0.25) is 19.5 Å². The summed E-state index contributed by atoms with van der Waals surface area (Å²) in [6, 6.07) is 19.0. The fourth-order valence-electron chi connectivity index (χ4n) is 4.17. The molecule has 162 valence electrons. The number of benzene rings is 3. The van der Waals surface area contributed by atoms with E-state index in [1.54, 1.807) is 24.3 Å². The van der Waals surface area contributed by atoms with Gasteiger partial charge in [0.1, 0.15) is 11.6 Å². The third-order valence-electron chi connectivity index (χ3n) is 5.69. The van der Waals surface area contributed by atoms with Gasteiger partial charge in [0.2, 0.25) is 0 Å². The summed E-state index contributed by atoms with van der Waals surface area (Å²) in [5, 5.41) is 12.8. The largest absolute Gasteiger partial charge is 0.507 e. The molecule has 0 bridgehead atoms. The summed E-state index contributed by atoms with van der Waals surface area (Å²) in [5.74, 6) is -2.63. The van der Waals surface area contributed by atoms with Crippen molar-refractivity contribution < 1.29 is 19.1 Å². The Balaban J connectivity index is 1.77. The van der Waals surface area contributed by atoms with Crippen molar-refractivity contribution in [1.29, 1.82) is 0 Å². The van der Waals surface area contributed by atoms with Crippen molar-refractivity contribution in [3.8, 4) is 0 Å². The van der Waals surface area contributed by atoms with Crippen LogP contribution >= 0.6 is 11.6 Å². The fourth-order valence-corrected chi connectivity index (χ4v) is 4.35. The number of hydrogen-bond acceptors (Lipinski definition) is 4. The highest BCUT2D eigenvalue weighted by Crippen LogP contribution is 2.43. The van der Waals surface area contributed by atoms with Gasteiger partial charge in [0.15, 0.2) is 0 Å². The minimum atomic E-state index is -0.950. The molecule has 1 aromatic heterocycles. The van der Waals surface area contributed by atoms with Crippen LogP contribution in [0.15, 0.2) is 90.8 Å². The number of Topliss-reactive ketones (excluding diaryl/α,β-unsaturated/α-hetero) is 1. The quantitative estimate of drug-likeness (QED) is 0.244. The molecule has 1 N–H and O–H groups in total. The highest BCUT2D eigenvalue weighted by molar-refractivity contribution is 6.52. The standard InChI is InChI=1S/C26H16ClFN2O3/c27-20-14-17(8-9-21(20)28)30-23(16-10-12-29-13-11-16)22(25(32)26(30)33)24(31)19-7-3-5-15-4-1-2-6-18(15)19/h1-14,23,31H/b24-22-. The van der Waals surface area contributed by atoms with Crippen LogP contribution in [0, 0.1) is 5.82 Å². The molecule has 4 aromatic rings. The Morgan fingerprint density at radius 2 is 1.70 bits per heavy atom. The average molecular weight is 459 g/mol. The van der Waals surface area contributed by atoms with Gasteiger partial charge in [-0.05, 0) is 46.7 Å². The summed E-state index contributed by atoms with van der Waals surface area (Å²) in [5.41, 5.74) is 1.17. The molecule has 0 saturated carbocycles. The van der Waals surface area contributed by atoms with Crippen molar-refractivity contribution in [3.05, 3.63) is 113 Å². The molecule has 1 saturated heterocycles. The minimum absolute atomic E-state index is 0.0667. The molecule has 1 aliphatic heterocycles. The van der Waals surface area contributed by atoms with Crippen LogP contribution < -0.4 is 4.90 Å². The summed E-state index contributed by atoms with van der Waals surface area (Å²) in [6.45, 7) is 0. The first kappa shape index (κ1) is 20.8. The summed E-state index contributed by atoms with van der Waals surface area (Å²) < 4.78 is 13.8. The van der Waals surface area contributed by atoms with E-state index in [1.165, 1.54) is 29.4 Å². The highest BCUT2D eigenvalue weighted by Gasteiger charge is 2.47. The molecule has 1 aliphatic rings. The summed E-state index contributed by atoms with van der Waals surface area (Å²) in [4.78, 5) is 31.6. The van der Waals surface area contributed by atoms with Crippen LogP contribution in [0.3, 0.4) is 0 Å². The molecule has 7 heteroatoms. The number of fused-ring (bicyclic) bond motifs is 1. The van der Waals surface area contributed by atoms with E-state index in [0.717, 1.165) is 16.8 Å². The maximum absolute atomic E-state index is 13.8. The van der Waals surface area contributed by atoms with Gasteiger partial charge in [0.05, 0.1) is 16.6 Å². The second-order valence-electron chi connectivity index (χ2n) is 7.57. The first-order valence-electron chi connectivity index (χ1n) is 10.1. The monoisotopic (exact) mass is 458 g/mol. The van der Waals surface area contributed by atoms with E-state index in [9.17, 15) is 19.1 Å². The lowest BCUT2D eigenvalue weighted by Gasteiger charge is -2.25. The predicted molar refractivity (Wildman–Crippen MR) is 124 cm³/mol. The third kappa shape index (κ3) is 3.45. The Hall–Kier alpha value is -4.03. The molecule has 2 heterocycles. The smallest absolute Gasteiger partial charge is 0.300 e. The van der Waals surface area contributed by atoms with Crippen LogP contribution in [-0.2, 0) is 9.59 Å². The molecular weight excluding hydrogens is 443 g/mol. The zero-order chi connectivity index (χ0) is 23.1. The van der Waals surface area contributed by atoms with Gasteiger partial charge in [-0.1, -0.05) is 54.1 Å². The molecule has 5 rings (SSSR count). The Morgan fingerprint density at radius 3 is 2.45 bits per heavy atom. The molecule has 1 atom stereocenters. The van der Waals surface area contributed by atoms with E-state index >= 15 is 0 Å². The Kier molecular flexibility index (Phi) is 5.15. The summed E-state index contributed by atoms with van der Waals surface area (Å²) in [6.07, 6.45) is 3.07. The molecule has 3 aromatic carbocycles. The van der Waals surface area contributed by atoms with Crippen molar-refractivity contribution in [2.45, 2.75) is 6.04 Å². The van der Waals surface area contributed by atoms with Crippen LogP contribution in [0.4, 0.5) is 10.1 Å². The molecule has 1 fully saturated rings. The maximum atomic E-state index is 13.8. The molecule has 0 spiro atoms. The molecule has 33 heavy (non-hydrogen) atoms. The zero-order valence-electron chi connectivity index (χ0n) is 17.1. The summed E-state index contributed by atoms with van der Waals surface area (Å²) >= 11 is 5.96. The third-order valence-corrected chi connectivity index (χ3v) is 5.98. The highest BCUT2D eigenvalue weighted by atomic mass is 35.5. The number of aromatic nitrogens is 1. The Labute approximate surface area is 193 Å². The number of halogens is 2. The van der Waals surface area contributed by atoms with E-state index in [-0.39, 0.29) is 22.0 Å². The Morgan fingerprint density at radius 1 is 0.970 bits per heavy atom. The lowest BCUT2D eigenvalue weighted by molar-refractivity contribution is -0.132. The van der Waals surface area contributed by atoms with Gasteiger partial charge in [-0.25, -0.2) is 4.39 Å². The van der Waals surface area contributed by atoms with E-state index in [1.807, 2.05) is 30.3 Å². The van der Waals surface area contributed by atoms with Gasteiger partial charge in [0.25, 0.3) is 11.7 Å². The average Bonchev–Trinajstić information content (AvgIpc) is 3.11. The lowest BCUT2D eigenvalue weighted by atomic mass is 9.93. The van der Waals surface area contributed by atoms with Crippen molar-refractivity contribution in [2.75, 3.05) is 4.90 Å². The first-order valence-corrected chi connectivity index (χ1v) is 10.5. The number of aliphatic hydroxyl groups is 1. The normalized spacial score (nSPS) is 17.6. The topological polar surface area (TPSA) is 70.5 Å². The maximum Gasteiger partial charge on any atom is 0.300 e. The number of nitrogens with zero attached hydrogens (tertiary/aromatic N) is 2. The molecule has 1 unspecified atom stereocenters. The SMILES string of the molecule is O=C1C(=O)N(c2ccc(F)c(Cl)c2)C(c2ccncc2)/C1=C(/O)c1cccc2ccccc12. The van der Waals surface area contributed by atoms with Crippen LogP contribution in [-0.4, -0.2) is 21.8 Å². The molecular formula is C26H16ClFN2O3. The number of rotatable bonds is 3. The predicted octanol–water partition coefficient (Wildman–Crippen LogP) is 5.65. The molecule has 0 radical (unpaired) electrons. The van der Waals surface area contributed by atoms with Gasteiger partial charge in [0, 0.05) is 23.6 Å². The number of ketones is 1. The van der Waals surface area contributed by atoms with Crippen LogP contribution in [0.1, 0.15) is 17.2 Å². The second kappa shape index (κ2) is 8.15. The lowest BCUT2D eigenvalue weighted by Crippen LogP contribution is -2.29. The van der Waals surface area contributed by atoms with Crippen LogP contribution in [0.2, 0.25) is 5.02 Å². The number of carbonyl (C=O) groups excluding carboxylic acids is 2. The minimum Gasteiger partial charge on any atom is -0.507 e. The molecule has 1 amide bonds. The number of pyridine rings is 1. The molecule has 0 aliphatic carbocycles. The van der Waals surface area contributed by atoms with Gasteiger partial charge < -0.3 is 5.11 Å². The van der Waals surface area contributed by atoms with Gasteiger partial charge >= 0.3 is 0 Å².